The minimum Gasteiger partial charge on any atom is -0.548 e. The summed E-state index contributed by atoms with van der Waals surface area (Å²) in [6, 6.07) is 4.69. The first kappa shape index (κ1) is 18.0. The molecule has 1 aromatic rings. The molecule has 0 radical (unpaired) electrons. The van der Waals surface area contributed by atoms with Crippen LogP contribution < -0.4 is 5.11 Å². The maximum atomic E-state index is 13.2. The van der Waals surface area contributed by atoms with E-state index in [1.54, 1.807) is 6.07 Å². The highest BCUT2D eigenvalue weighted by atomic mass is 32.2. The molecule has 0 unspecified atom stereocenters. The number of carboxylic acids is 1. The quantitative estimate of drug-likeness (QED) is 0.563. The van der Waals surface area contributed by atoms with Crippen LogP contribution in [-0.2, 0) is 9.59 Å². The van der Waals surface area contributed by atoms with Crippen LogP contribution in [0, 0.1) is 5.82 Å². The van der Waals surface area contributed by atoms with E-state index in [1.807, 2.05) is 6.26 Å². The third-order valence-electron chi connectivity index (χ3n) is 3.15. The zero-order chi connectivity index (χ0) is 17.0. The van der Waals surface area contributed by atoms with Crippen molar-refractivity contribution in [1.82, 2.24) is 4.90 Å². The van der Waals surface area contributed by atoms with Gasteiger partial charge in [-0.1, -0.05) is 36.1 Å². The van der Waals surface area contributed by atoms with Crippen LogP contribution in [0.3, 0.4) is 0 Å². The van der Waals surface area contributed by atoms with E-state index >= 15 is 0 Å². The number of nitrogens with zero attached hydrogens (tertiary/aromatic N) is 1. The minimum atomic E-state index is -1.33. The molecule has 122 valence electrons. The Hall–Kier alpha value is -1.38. The summed E-state index contributed by atoms with van der Waals surface area (Å²) in [5.74, 6) is -1.66. The number of amides is 1. The molecule has 0 aromatic heterocycles. The molecule has 0 spiro atoms. The second-order valence-electron chi connectivity index (χ2n) is 4.72. The van der Waals surface area contributed by atoms with E-state index in [4.69, 9.17) is 12.2 Å². The maximum Gasteiger partial charge on any atom is 0.266 e. The molecule has 1 fully saturated rings. The maximum absolute atomic E-state index is 13.2. The largest absolute Gasteiger partial charge is 0.548 e. The number of carbonyl (C=O) groups excluding carboxylic acids is 2. The van der Waals surface area contributed by atoms with Gasteiger partial charge < -0.3 is 9.90 Å². The summed E-state index contributed by atoms with van der Waals surface area (Å²) >= 11 is 7.63. The number of hydrogen-bond acceptors (Lipinski definition) is 6. The summed E-state index contributed by atoms with van der Waals surface area (Å²) in [4.78, 5) is 25.2. The summed E-state index contributed by atoms with van der Waals surface area (Å²) in [6.07, 6.45) is 3.60. The summed E-state index contributed by atoms with van der Waals surface area (Å²) in [6.45, 7) is 0. The Kier molecular flexibility index (Phi) is 6.20. The van der Waals surface area contributed by atoms with Crippen LogP contribution in [0.2, 0.25) is 0 Å². The van der Waals surface area contributed by atoms with Crippen LogP contribution in [0.25, 0.3) is 6.08 Å². The third-order valence-corrected chi connectivity index (χ3v) is 5.12. The van der Waals surface area contributed by atoms with Gasteiger partial charge in [-0.3, -0.25) is 9.69 Å². The summed E-state index contributed by atoms with van der Waals surface area (Å²) < 4.78 is 13.4. The average molecular weight is 370 g/mol. The lowest BCUT2D eigenvalue weighted by Crippen LogP contribution is -2.50. The van der Waals surface area contributed by atoms with Crippen LogP contribution in [-0.4, -0.2) is 39.1 Å². The molecule has 1 amide bonds. The predicted molar refractivity (Wildman–Crippen MR) is 93.2 cm³/mol. The van der Waals surface area contributed by atoms with Crippen LogP contribution in [0.15, 0.2) is 29.2 Å². The number of halogens is 1. The van der Waals surface area contributed by atoms with Crippen LogP contribution in [0.4, 0.5) is 4.39 Å². The van der Waals surface area contributed by atoms with Gasteiger partial charge in [0.15, 0.2) is 0 Å². The highest BCUT2D eigenvalue weighted by Crippen LogP contribution is 2.34. The van der Waals surface area contributed by atoms with Crippen LogP contribution >= 0.6 is 35.7 Å². The molecule has 0 saturated carbocycles. The van der Waals surface area contributed by atoms with Crippen molar-refractivity contribution in [2.75, 3.05) is 12.0 Å². The van der Waals surface area contributed by atoms with E-state index in [9.17, 15) is 19.1 Å². The van der Waals surface area contributed by atoms with E-state index in [1.165, 1.54) is 36.0 Å². The molecule has 1 aliphatic rings. The standard InChI is InChI=1S/C15H14FNO3S3/c1-22-6-5-11(14(19)20)17-13(18)12(23-15(17)21)8-9-3-2-4-10(16)7-9/h2-4,7-8,11H,5-6H2,1H3,(H,19,20)/p-1/t11-/m1/s1. The number of hydrogen-bond donors (Lipinski definition) is 0. The van der Waals surface area contributed by atoms with Crippen molar-refractivity contribution in [2.24, 2.45) is 0 Å². The lowest BCUT2D eigenvalue weighted by atomic mass is 10.1. The number of aliphatic carboxylic acids is 1. The molecule has 0 aliphatic carbocycles. The fraction of sp³-hybridized carbons (Fsp3) is 0.267. The Labute approximate surface area is 147 Å². The molecular weight excluding hydrogens is 357 g/mol. The Balaban J connectivity index is 2.26. The molecule has 0 N–H and O–H groups in total. The number of carboxylic acid groups (broad SMARTS) is 1. The summed E-state index contributed by atoms with van der Waals surface area (Å²) in [5, 5.41) is 11.3. The number of thioether (sulfide) groups is 2. The Bertz CT molecular complexity index is 678. The monoisotopic (exact) mass is 370 g/mol. The fourth-order valence-corrected chi connectivity index (χ4v) is 3.89. The molecule has 23 heavy (non-hydrogen) atoms. The predicted octanol–water partition coefficient (Wildman–Crippen LogP) is 1.90. The average Bonchev–Trinajstić information content (AvgIpc) is 2.75. The van der Waals surface area contributed by atoms with Gasteiger partial charge in [0.1, 0.15) is 10.1 Å². The van der Waals surface area contributed by atoms with Crippen molar-refractivity contribution >= 4 is 58.0 Å². The number of benzene rings is 1. The normalized spacial score (nSPS) is 17.8. The summed E-state index contributed by atoms with van der Waals surface area (Å²) in [7, 11) is 0. The van der Waals surface area contributed by atoms with Gasteiger partial charge in [-0.15, -0.1) is 0 Å². The van der Waals surface area contributed by atoms with Crippen LogP contribution in [0.5, 0.6) is 0 Å². The van der Waals surface area contributed by atoms with Crippen molar-refractivity contribution in [3.8, 4) is 0 Å². The fourth-order valence-electron chi connectivity index (χ4n) is 2.08. The molecule has 2 rings (SSSR count). The molecule has 1 atom stereocenters. The lowest BCUT2D eigenvalue weighted by Gasteiger charge is -2.27. The van der Waals surface area contributed by atoms with Gasteiger partial charge in [0, 0.05) is 0 Å². The molecule has 1 heterocycles. The van der Waals surface area contributed by atoms with Crippen molar-refractivity contribution in [1.29, 1.82) is 0 Å². The first-order valence-electron chi connectivity index (χ1n) is 6.66. The van der Waals surface area contributed by atoms with Gasteiger partial charge in [0.05, 0.1) is 16.9 Å². The van der Waals surface area contributed by atoms with Crippen molar-refractivity contribution in [3.63, 3.8) is 0 Å². The third kappa shape index (κ3) is 4.33. The topological polar surface area (TPSA) is 60.4 Å². The number of thiocarbonyl (C=S) groups is 1. The Morgan fingerprint density at radius 2 is 2.30 bits per heavy atom. The van der Waals surface area contributed by atoms with Gasteiger partial charge in [-0.2, -0.15) is 11.8 Å². The second kappa shape index (κ2) is 7.94. The highest BCUT2D eigenvalue weighted by Gasteiger charge is 2.37. The van der Waals surface area contributed by atoms with Crippen LogP contribution in [0.1, 0.15) is 12.0 Å². The highest BCUT2D eigenvalue weighted by molar-refractivity contribution is 8.26. The van der Waals surface area contributed by atoms with Crippen molar-refractivity contribution in [2.45, 2.75) is 12.5 Å². The van der Waals surface area contributed by atoms with Gasteiger partial charge >= 0.3 is 0 Å². The Morgan fingerprint density at radius 3 is 2.91 bits per heavy atom. The minimum absolute atomic E-state index is 0.174. The molecule has 1 aromatic carbocycles. The van der Waals surface area contributed by atoms with E-state index in [2.05, 4.69) is 0 Å². The number of carbonyl (C=O) groups is 2. The zero-order valence-electron chi connectivity index (χ0n) is 12.2. The van der Waals surface area contributed by atoms with Gasteiger partial charge in [0.2, 0.25) is 0 Å². The first-order valence-corrected chi connectivity index (χ1v) is 9.28. The van der Waals surface area contributed by atoms with Crippen molar-refractivity contribution < 1.29 is 19.1 Å². The molecular formula is C15H13FNO3S3-. The Morgan fingerprint density at radius 1 is 1.57 bits per heavy atom. The SMILES string of the molecule is CSCC[C@H](C(=O)[O-])N1C(=O)C(=Cc2cccc(F)c2)SC1=S. The zero-order valence-corrected chi connectivity index (χ0v) is 14.6. The summed E-state index contributed by atoms with van der Waals surface area (Å²) in [5.41, 5.74) is 0.514. The number of rotatable bonds is 6. The molecule has 8 heteroatoms. The second-order valence-corrected chi connectivity index (χ2v) is 7.38. The van der Waals surface area contributed by atoms with E-state index in [0.29, 0.717) is 11.3 Å². The van der Waals surface area contributed by atoms with E-state index in [-0.39, 0.29) is 15.6 Å². The molecule has 1 saturated heterocycles. The lowest BCUT2D eigenvalue weighted by molar-refractivity contribution is -0.310. The van der Waals surface area contributed by atoms with Gasteiger partial charge in [-0.05, 0) is 42.2 Å². The van der Waals surface area contributed by atoms with Gasteiger partial charge in [0.25, 0.3) is 5.91 Å². The van der Waals surface area contributed by atoms with Gasteiger partial charge in [-0.25, -0.2) is 4.39 Å². The molecule has 0 bridgehead atoms. The van der Waals surface area contributed by atoms with E-state index < -0.39 is 23.7 Å². The van der Waals surface area contributed by atoms with E-state index in [0.717, 1.165) is 16.7 Å². The smallest absolute Gasteiger partial charge is 0.266 e. The first-order chi connectivity index (χ1) is 10.9. The molecule has 1 aliphatic heterocycles. The molecule has 4 nitrogen and oxygen atoms in total. The van der Waals surface area contributed by atoms with Crippen molar-refractivity contribution in [3.05, 3.63) is 40.6 Å².